The van der Waals surface area contributed by atoms with Gasteiger partial charge in [-0.2, -0.15) is 0 Å². The number of piperazine rings is 1. The van der Waals surface area contributed by atoms with E-state index in [1.807, 2.05) is 50.1 Å². The lowest BCUT2D eigenvalue weighted by Crippen LogP contribution is -2.62. The Hall–Kier alpha value is -2.40. The van der Waals surface area contributed by atoms with Crippen LogP contribution in [-0.2, 0) is 10.3 Å². The minimum atomic E-state index is -0.652. The minimum absolute atomic E-state index is 0.302. The molecule has 1 unspecified atom stereocenters. The van der Waals surface area contributed by atoms with Crippen LogP contribution in [-0.4, -0.2) is 41.2 Å². The van der Waals surface area contributed by atoms with E-state index >= 15 is 0 Å². The van der Waals surface area contributed by atoms with Gasteiger partial charge in [-0.05, 0) is 39.3 Å². The molecule has 1 aromatic heterocycles. The monoisotopic (exact) mass is 353 g/mol. The molecule has 2 aromatic rings. The van der Waals surface area contributed by atoms with Gasteiger partial charge in [-0.25, -0.2) is 4.79 Å². The van der Waals surface area contributed by atoms with Crippen LogP contribution >= 0.6 is 0 Å². The van der Waals surface area contributed by atoms with Gasteiger partial charge in [-0.15, -0.1) is 0 Å². The van der Waals surface area contributed by atoms with Gasteiger partial charge in [0.05, 0.1) is 0 Å². The van der Waals surface area contributed by atoms with Crippen LogP contribution in [0.25, 0.3) is 0 Å². The van der Waals surface area contributed by atoms with Crippen LogP contribution in [0.1, 0.15) is 37.5 Å². The molecule has 1 fully saturated rings. The number of nitrogens with one attached hydrogen (secondary N) is 1. The van der Waals surface area contributed by atoms with Gasteiger partial charge in [0.1, 0.15) is 11.1 Å². The fourth-order valence-electron chi connectivity index (χ4n) is 3.50. The summed E-state index contributed by atoms with van der Waals surface area (Å²) in [7, 11) is 0. The Morgan fingerprint density at radius 2 is 2.00 bits per heavy atom. The van der Waals surface area contributed by atoms with Crippen LogP contribution in [0.2, 0.25) is 0 Å². The Morgan fingerprint density at radius 3 is 2.65 bits per heavy atom. The number of rotatable bonds is 2. The first-order chi connectivity index (χ1) is 12.3. The van der Waals surface area contributed by atoms with E-state index in [9.17, 15) is 4.79 Å². The first kappa shape index (κ1) is 18.4. The summed E-state index contributed by atoms with van der Waals surface area (Å²) in [6.07, 6.45) is 3.29. The van der Waals surface area contributed by atoms with Crippen molar-refractivity contribution >= 4 is 6.09 Å². The lowest BCUT2D eigenvalue weighted by molar-refractivity contribution is -0.00328. The van der Waals surface area contributed by atoms with E-state index < -0.39 is 11.1 Å². The second kappa shape index (κ2) is 7.08. The second-order valence-corrected chi connectivity index (χ2v) is 7.78. The van der Waals surface area contributed by atoms with Crippen molar-refractivity contribution in [3.8, 4) is 0 Å². The summed E-state index contributed by atoms with van der Waals surface area (Å²) in [5.41, 5.74) is 1.99. The number of nitrogens with zero attached hydrogens (tertiary/aromatic N) is 2. The third kappa shape index (κ3) is 3.58. The summed E-state index contributed by atoms with van der Waals surface area (Å²) in [5.74, 6) is 0. The van der Waals surface area contributed by atoms with E-state index in [4.69, 9.17) is 4.74 Å². The van der Waals surface area contributed by atoms with Crippen molar-refractivity contribution in [1.82, 2.24) is 15.2 Å². The maximum atomic E-state index is 13.1. The first-order valence-corrected chi connectivity index (χ1v) is 9.02. The first-order valence-electron chi connectivity index (χ1n) is 9.02. The Balaban J connectivity index is 2.16. The van der Waals surface area contributed by atoms with Crippen molar-refractivity contribution in [2.45, 2.75) is 38.8 Å². The van der Waals surface area contributed by atoms with E-state index in [1.54, 1.807) is 6.20 Å². The van der Waals surface area contributed by atoms with Gasteiger partial charge < -0.3 is 10.1 Å². The maximum absolute atomic E-state index is 13.1. The highest BCUT2D eigenvalue weighted by atomic mass is 16.6. The molecule has 0 saturated carbocycles. The van der Waals surface area contributed by atoms with Gasteiger partial charge >= 0.3 is 6.09 Å². The van der Waals surface area contributed by atoms with Gasteiger partial charge in [-0.1, -0.05) is 35.9 Å². The molecule has 5 nitrogen and oxygen atoms in total. The average Bonchev–Trinajstić information content (AvgIpc) is 2.61. The summed E-state index contributed by atoms with van der Waals surface area (Å²) in [5, 5.41) is 3.46. The number of ether oxygens (including phenoxy) is 1. The number of hydrogen-bond acceptors (Lipinski definition) is 4. The Morgan fingerprint density at radius 1 is 1.23 bits per heavy atom. The molecule has 5 heteroatoms. The molecule has 1 aromatic carbocycles. The zero-order chi connectivity index (χ0) is 18.8. The molecule has 1 saturated heterocycles. The zero-order valence-electron chi connectivity index (χ0n) is 16.0. The lowest BCUT2D eigenvalue weighted by atomic mass is 9.80. The van der Waals surface area contributed by atoms with E-state index in [1.165, 1.54) is 0 Å². The molecule has 1 atom stereocenters. The highest BCUT2D eigenvalue weighted by Gasteiger charge is 2.46. The van der Waals surface area contributed by atoms with Crippen molar-refractivity contribution in [2.24, 2.45) is 0 Å². The molecule has 0 aliphatic carbocycles. The summed E-state index contributed by atoms with van der Waals surface area (Å²) in [6, 6.07) is 12.2. The quantitative estimate of drug-likeness (QED) is 0.898. The predicted octanol–water partition coefficient (Wildman–Crippen LogP) is 3.47. The minimum Gasteiger partial charge on any atom is -0.444 e. The standard InChI is InChI=1S/C21H27N3O2/c1-16-7-5-8-17(13-16)21(18-9-6-10-22-14-18)15-23-11-12-24(21)19(25)26-20(2,3)4/h5-10,13-14,23H,11-12,15H2,1-4H3. The summed E-state index contributed by atoms with van der Waals surface area (Å²) >= 11 is 0. The maximum Gasteiger partial charge on any atom is 0.411 e. The Bertz CT molecular complexity index is 770. The predicted molar refractivity (Wildman–Crippen MR) is 102 cm³/mol. The number of pyridine rings is 1. The number of carbonyl (C=O) groups is 1. The van der Waals surface area contributed by atoms with Gasteiger partial charge in [0.25, 0.3) is 0 Å². The van der Waals surface area contributed by atoms with E-state index in [0.29, 0.717) is 13.1 Å². The summed E-state index contributed by atoms with van der Waals surface area (Å²) in [6.45, 7) is 9.66. The molecule has 1 aliphatic heterocycles. The van der Waals surface area contributed by atoms with Crippen LogP contribution in [0.4, 0.5) is 4.79 Å². The second-order valence-electron chi connectivity index (χ2n) is 7.78. The molecule has 3 rings (SSSR count). The molecule has 1 N–H and O–H groups in total. The van der Waals surface area contributed by atoms with E-state index in [0.717, 1.165) is 23.2 Å². The topological polar surface area (TPSA) is 54.5 Å². The Labute approximate surface area is 155 Å². The largest absolute Gasteiger partial charge is 0.444 e. The van der Waals surface area contributed by atoms with Gasteiger partial charge in [0, 0.05) is 37.6 Å². The van der Waals surface area contributed by atoms with Gasteiger partial charge in [0.2, 0.25) is 0 Å². The van der Waals surface area contributed by atoms with Crippen LogP contribution in [0.15, 0.2) is 48.8 Å². The fourth-order valence-corrected chi connectivity index (χ4v) is 3.50. The molecule has 26 heavy (non-hydrogen) atoms. The number of aryl methyl sites for hydroxylation is 1. The van der Waals surface area contributed by atoms with Crippen molar-refractivity contribution in [2.75, 3.05) is 19.6 Å². The van der Waals surface area contributed by atoms with Gasteiger partial charge in [0.15, 0.2) is 0 Å². The highest BCUT2D eigenvalue weighted by molar-refractivity contribution is 5.71. The summed E-state index contributed by atoms with van der Waals surface area (Å²) in [4.78, 5) is 19.3. The van der Waals surface area contributed by atoms with Crippen LogP contribution in [0.5, 0.6) is 0 Å². The molecule has 1 amide bonds. The van der Waals surface area contributed by atoms with Crippen molar-refractivity contribution in [3.63, 3.8) is 0 Å². The highest BCUT2D eigenvalue weighted by Crippen LogP contribution is 2.38. The normalized spacial score (nSPS) is 20.7. The van der Waals surface area contributed by atoms with Gasteiger partial charge in [-0.3, -0.25) is 9.88 Å². The molecule has 0 radical (unpaired) electrons. The zero-order valence-corrected chi connectivity index (χ0v) is 16.0. The van der Waals surface area contributed by atoms with Crippen molar-refractivity contribution in [1.29, 1.82) is 0 Å². The van der Waals surface area contributed by atoms with Crippen LogP contribution in [0, 0.1) is 6.92 Å². The number of hydrogen-bond donors (Lipinski definition) is 1. The van der Waals surface area contributed by atoms with E-state index in [-0.39, 0.29) is 6.09 Å². The molecule has 2 heterocycles. The fraction of sp³-hybridized carbons (Fsp3) is 0.429. The summed E-state index contributed by atoms with van der Waals surface area (Å²) < 4.78 is 5.74. The smallest absolute Gasteiger partial charge is 0.411 e. The third-order valence-electron chi connectivity index (χ3n) is 4.60. The van der Waals surface area contributed by atoms with Crippen LogP contribution in [0.3, 0.4) is 0 Å². The molecule has 0 spiro atoms. The van der Waals surface area contributed by atoms with E-state index in [2.05, 4.69) is 35.4 Å². The number of aromatic nitrogens is 1. The molecular formula is C21H27N3O2. The average molecular weight is 353 g/mol. The number of amides is 1. The van der Waals surface area contributed by atoms with Crippen LogP contribution < -0.4 is 5.32 Å². The van der Waals surface area contributed by atoms with Crippen molar-refractivity contribution in [3.05, 3.63) is 65.5 Å². The molecule has 0 bridgehead atoms. The molecule has 138 valence electrons. The SMILES string of the molecule is Cc1cccc(C2(c3cccnc3)CNCCN2C(=O)OC(C)(C)C)c1. The molecular weight excluding hydrogens is 326 g/mol. The lowest BCUT2D eigenvalue weighted by Gasteiger charge is -2.48. The third-order valence-corrected chi connectivity index (χ3v) is 4.60. The molecule has 1 aliphatic rings. The number of carbonyl (C=O) groups excluding carboxylic acids is 1. The Kier molecular flexibility index (Phi) is 5.01. The van der Waals surface area contributed by atoms with Crippen molar-refractivity contribution < 1.29 is 9.53 Å². The number of benzene rings is 1.